The first kappa shape index (κ1) is 23.1. The van der Waals surface area contributed by atoms with Crippen molar-refractivity contribution in [2.45, 2.75) is 30.1 Å². The molecule has 0 spiro atoms. The quantitative estimate of drug-likeness (QED) is 0.381. The van der Waals surface area contributed by atoms with Crippen LogP contribution in [0.1, 0.15) is 18.9 Å². The molecule has 5 heterocycles. The van der Waals surface area contributed by atoms with E-state index in [-0.39, 0.29) is 35.5 Å². The third-order valence-electron chi connectivity index (χ3n) is 6.22. The van der Waals surface area contributed by atoms with Crippen LogP contribution in [-0.2, 0) is 10.0 Å². The van der Waals surface area contributed by atoms with Gasteiger partial charge in [0, 0.05) is 37.6 Å². The second kappa shape index (κ2) is 8.36. The van der Waals surface area contributed by atoms with Crippen molar-refractivity contribution in [2.24, 2.45) is 0 Å². The fourth-order valence-electron chi connectivity index (χ4n) is 4.57. The highest BCUT2D eigenvalue weighted by molar-refractivity contribution is 7.89. The molecule has 0 unspecified atom stereocenters. The number of hydrogen-bond donors (Lipinski definition) is 0. The van der Waals surface area contributed by atoms with Crippen LogP contribution >= 0.6 is 11.6 Å². The summed E-state index contributed by atoms with van der Waals surface area (Å²) in [6.07, 6.45) is 0.434. The molecular formula is C23H18ClF2N5O4S. The van der Waals surface area contributed by atoms with Crippen molar-refractivity contribution in [1.29, 1.82) is 0 Å². The number of imidazole rings is 1. The molecule has 2 aliphatic rings. The summed E-state index contributed by atoms with van der Waals surface area (Å²) in [5.74, 6) is 0.0361. The molecule has 13 heteroatoms. The van der Waals surface area contributed by atoms with Crippen molar-refractivity contribution in [3.05, 3.63) is 59.9 Å². The Hall–Kier alpha value is -3.35. The van der Waals surface area contributed by atoms with Crippen molar-refractivity contribution in [3.63, 3.8) is 0 Å². The predicted octanol–water partition coefficient (Wildman–Crippen LogP) is 4.49. The van der Waals surface area contributed by atoms with Crippen LogP contribution in [0.4, 0.5) is 8.78 Å². The SMILES string of the molecule is O=S(=O)(c1ccc2c(c1)OC(F)(F)O2)N1CCC(n2c(-c3ncccc3Cl)nc3cccnc32)CC1. The first-order valence-corrected chi connectivity index (χ1v) is 12.9. The van der Waals surface area contributed by atoms with Crippen molar-refractivity contribution < 1.29 is 26.7 Å². The van der Waals surface area contributed by atoms with E-state index in [1.54, 1.807) is 30.6 Å². The molecule has 0 atom stereocenters. The smallest absolute Gasteiger partial charge is 0.395 e. The Morgan fingerprint density at radius 1 is 1.00 bits per heavy atom. The van der Waals surface area contributed by atoms with Crippen LogP contribution in [0.25, 0.3) is 22.7 Å². The van der Waals surface area contributed by atoms with Gasteiger partial charge >= 0.3 is 6.29 Å². The molecule has 0 aliphatic carbocycles. The number of aromatic nitrogens is 4. The Morgan fingerprint density at radius 2 is 1.72 bits per heavy atom. The minimum absolute atomic E-state index is 0.111. The molecule has 0 N–H and O–H groups in total. The number of pyridine rings is 2. The first-order chi connectivity index (χ1) is 17.2. The van der Waals surface area contributed by atoms with Crippen LogP contribution in [0.2, 0.25) is 5.02 Å². The molecular weight excluding hydrogens is 516 g/mol. The number of benzene rings is 1. The van der Waals surface area contributed by atoms with Crippen molar-refractivity contribution in [2.75, 3.05) is 13.1 Å². The number of nitrogens with zero attached hydrogens (tertiary/aromatic N) is 5. The summed E-state index contributed by atoms with van der Waals surface area (Å²) in [5, 5.41) is 0.447. The van der Waals surface area contributed by atoms with Crippen LogP contribution in [0.3, 0.4) is 0 Å². The zero-order chi connectivity index (χ0) is 25.1. The molecule has 0 radical (unpaired) electrons. The van der Waals surface area contributed by atoms with E-state index in [1.165, 1.54) is 16.4 Å². The van der Waals surface area contributed by atoms with E-state index in [1.807, 2.05) is 10.6 Å². The van der Waals surface area contributed by atoms with Gasteiger partial charge in [-0.15, -0.1) is 8.78 Å². The second-order valence-corrected chi connectivity index (χ2v) is 10.7. The maximum atomic E-state index is 13.4. The molecule has 2 aliphatic heterocycles. The Labute approximate surface area is 209 Å². The molecule has 0 bridgehead atoms. The van der Waals surface area contributed by atoms with E-state index in [9.17, 15) is 17.2 Å². The van der Waals surface area contributed by atoms with Gasteiger partial charge in [-0.3, -0.25) is 4.98 Å². The third-order valence-corrected chi connectivity index (χ3v) is 8.42. The lowest BCUT2D eigenvalue weighted by atomic mass is 10.1. The fourth-order valence-corrected chi connectivity index (χ4v) is 6.26. The average Bonchev–Trinajstić information content (AvgIpc) is 3.39. The maximum absolute atomic E-state index is 13.4. The molecule has 9 nitrogen and oxygen atoms in total. The van der Waals surface area contributed by atoms with E-state index in [0.29, 0.717) is 40.5 Å². The molecule has 0 saturated carbocycles. The summed E-state index contributed by atoms with van der Waals surface area (Å²) >= 11 is 6.42. The zero-order valence-electron chi connectivity index (χ0n) is 18.5. The van der Waals surface area contributed by atoms with Crippen LogP contribution in [0, 0.1) is 0 Å². The molecule has 1 fully saturated rings. The highest BCUT2D eigenvalue weighted by Gasteiger charge is 2.44. The largest absolute Gasteiger partial charge is 0.586 e. The molecule has 1 saturated heterocycles. The van der Waals surface area contributed by atoms with Crippen LogP contribution in [0.15, 0.2) is 59.8 Å². The topological polar surface area (TPSA) is 99.4 Å². The monoisotopic (exact) mass is 533 g/mol. The number of sulfonamides is 1. The standard InChI is InChI=1S/C23H18ClF2N5O4S/c24-16-3-1-9-27-20(16)22-29-17-4-2-10-28-21(17)31(22)14-7-11-30(12-8-14)36(32,33)15-5-6-18-19(13-15)35-23(25,26)34-18/h1-6,9-10,13-14H,7-8,11-12H2. The molecule has 4 aromatic rings. The molecule has 36 heavy (non-hydrogen) atoms. The summed E-state index contributed by atoms with van der Waals surface area (Å²) in [7, 11) is -3.95. The maximum Gasteiger partial charge on any atom is 0.586 e. The number of hydrogen-bond acceptors (Lipinski definition) is 7. The van der Waals surface area contributed by atoms with E-state index >= 15 is 0 Å². The van der Waals surface area contributed by atoms with E-state index < -0.39 is 16.3 Å². The highest BCUT2D eigenvalue weighted by Crippen LogP contribution is 2.43. The minimum Gasteiger partial charge on any atom is -0.395 e. The number of alkyl halides is 2. The number of fused-ring (bicyclic) bond motifs is 2. The van der Waals surface area contributed by atoms with Gasteiger partial charge in [0.2, 0.25) is 10.0 Å². The summed E-state index contributed by atoms with van der Waals surface area (Å²) in [6.45, 7) is 0.416. The Balaban J connectivity index is 1.29. The minimum atomic E-state index is -3.95. The van der Waals surface area contributed by atoms with E-state index in [4.69, 9.17) is 16.6 Å². The number of rotatable bonds is 4. The van der Waals surface area contributed by atoms with Crippen LogP contribution < -0.4 is 9.47 Å². The van der Waals surface area contributed by atoms with Gasteiger partial charge in [0.25, 0.3) is 0 Å². The van der Waals surface area contributed by atoms with Gasteiger partial charge < -0.3 is 14.0 Å². The molecule has 6 rings (SSSR count). The van der Waals surface area contributed by atoms with Crippen molar-refractivity contribution in [1.82, 2.24) is 23.8 Å². The number of halogens is 3. The summed E-state index contributed by atoms with van der Waals surface area (Å²) in [5.41, 5.74) is 1.86. The van der Waals surface area contributed by atoms with Gasteiger partial charge in [0.1, 0.15) is 11.2 Å². The van der Waals surface area contributed by atoms with Crippen LogP contribution in [0.5, 0.6) is 11.5 Å². The van der Waals surface area contributed by atoms with Crippen molar-refractivity contribution >= 4 is 32.8 Å². The van der Waals surface area contributed by atoms with E-state index in [2.05, 4.69) is 19.4 Å². The van der Waals surface area contributed by atoms with Gasteiger partial charge in [-0.25, -0.2) is 18.4 Å². The first-order valence-electron chi connectivity index (χ1n) is 11.1. The summed E-state index contributed by atoms with van der Waals surface area (Å²) < 4.78 is 65.3. The summed E-state index contributed by atoms with van der Waals surface area (Å²) in [6, 6.07) is 10.5. The van der Waals surface area contributed by atoms with Crippen LogP contribution in [-0.4, -0.2) is 51.6 Å². The lowest BCUT2D eigenvalue weighted by Crippen LogP contribution is -2.39. The van der Waals surface area contributed by atoms with Gasteiger partial charge in [0.05, 0.1) is 9.92 Å². The molecule has 3 aromatic heterocycles. The predicted molar refractivity (Wildman–Crippen MR) is 125 cm³/mol. The second-order valence-electron chi connectivity index (χ2n) is 8.40. The van der Waals surface area contributed by atoms with Gasteiger partial charge in [0.15, 0.2) is 23.0 Å². The Kier molecular flexibility index (Phi) is 5.36. The average molecular weight is 534 g/mol. The normalized spacial score (nSPS) is 18.1. The Morgan fingerprint density at radius 3 is 2.50 bits per heavy atom. The van der Waals surface area contributed by atoms with Gasteiger partial charge in [-0.2, -0.15) is 4.31 Å². The number of ether oxygens (including phenoxy) is 2. The number of piperidine rings is 1. The Bertz CT molecular complexity index is 1590. The van der Waals surface area contributed by atoms with E-state index in [0.717, 1.165) is 6.07 Å². The van der Waals surface area contributed by atoms with Gasteiger partial charge in [-0.1, -0.05) is 11.6 Å². The third kappa shape index (κ3) is 3.85. The van der Waals surface area contributed by atoms with Crippen molar-refractivity contribution in [3.8, 4) is 23.0 Å². The molecule has 1 aromatic carbocycles. The lowest BCUT2D eigenvalue weighted by molar-refractivity contribution is -0.286. The molecule has 0 amide bonds. The summed E-state index contributed by atoms with van der Waals surface area (Å²) in [4.78, 5) is 13.5. The lowest BCUT2D eigenvalue weighted by Gasteiger charge is -2.32. The zero-order valence-corrected chi connectivity index (χ0v) is 20.1. The highest BCUT2D eigenvalue weighted by atomic mass is 35.5. The fraction of sp³-hybridized carbons (Fsp3) is 0.261. The van der Waals surface area contributed by atoms with Gasteiger partial charge in [-0.05, 0) is 49.2 Å². The molecule has 186 valence electrons.